The van der Waals surface area contributed by atoms with Gasteiger partial charge < -0.3 is 10.2 Å². The van der Waals surface area contributed by atoms with Gasteiger partial charge in [-0.25, -0.2) is 4.98 Å². The molecule has 1 amide bonds. The zero-order chi connectivity index (χ0) is 13.7. The quantitative estimate of drug-likeness (QED) is 0.912. The minimum atomic E-state index is -0.140. The van der Waals surface area contributed by atoms with E-state index in [-0.39, 0.29) is 5.91 Å². The molecule has 0 radical (unpaired) electrons. The lowest BCUT2D eigenvalue weighted by Gasteiger charge is -2.13. The van der Waals surface area contributed by atoms with Crippen molar-refractivity contribution in [3.63, 3.8) is 0 Å². The molecule has 0 aliphatic carbocycles. The van der Waals surface area contributed by atoms with E-state index in [0.29, 0.717) is 11.4 Å². The highest BCUT2D eigenvalue weighted by Gasteiger charge is 2.09. The second kappa shape index (κ2) is 6.11. The maximum Gasteiger partial charge on any atom is 0.256 e. The van der Waals surface area contributed by atoms with Crippen LogP contribution in [0.3, 0.4) is 0 Å². The van der Waals surface area contributed by atoms with Gasteiger partial charge in [0.2, 0.25) is 0 Å². The smallest absolute Gasteiger partial charge is 0.256 e. The number of amides is 1. The standard InChI is InChI=1S/C15H17N3O/c1-18(2)11-13-9-6-10-16-14(13)17-15(19)12-7-4-3-5-8-12/h3-10H,11H2,1-2H3,(H,16,17,19). The molecular formula is C15H17N3O. The summed E-state index contributed by atoms with van der Waals surface area (Å²) in [6.45, 7) is 0.734. The van der Waals surface area contributed by atoms with Crippen LogP contribution in [-0.2, 0) is 6.54 Å². The molecule has 0 saturated carbocycles. The third kappa shape index (κ3) is 3.63. The number of hydrogen-bond donors (Lipinski definition) is 1. The minimum absolute atomic E-state index is 0.140. The summed E-state index contributed by atoms with van der Waals surface area (Å²) in [7, 11) is 3.96. The minimum Gasteiger partial charge on any atom is -0.306 e. The molecule has 1 aromatic carbocycles. The van der Waals surface area contributed by atoms with Gasteiger partial charge in [-0.3, -0.25) is 4.79 Å². The van der Waals surface area contributed by atoms with Crippen molar-refractivity contribution in [3.05, 3.63) is 59.8 Å². The zero-order valence-electron chi connectivity index (χ0n) is 11.1. The topological polar surface area (TPSA) is 45.2 Å². The van der Waals surface area contributed by atoms with Crippen molar-refractivity contribution in [3.8, 4) is 0 Å². The number of rotatable bonds is 4. The van der Waals surface area contributed by atoms with Crippen molar-refractivity contribution in [1.29, 1.82) is 0 Å². The highest BCUT2D eigenvalue weighted by molar-refractivity contribution is 6.04. The molecule has 0 atom stereocenters. The van der Waals surface area contributed by atoms with Crippen molar-refractivity contribution in [2.24, 2.45) is 0 Å². The van der Waals surface area contributed by atoms with Gasteiger partial charge in [0.05, 0.1) is 0 Å². The molecule has 0 fully saturated rings. The van der Waals surface area contributed by atoms with Crippen molar-refractivity contribution >= 4 is 11.7 Å². The summed E-state index contributed by atoms with van der Waals surface area (Å²) >= 11 is 0. The normalized spacial score (nSPS) is 10.5. The molecule has 0 bridgehead atoms. The van der Waals surface area contributed by atoms with Gasteiger partial charge in [-0.1, -0.05) is 24.3 Å². The molecule has 2 aromatic rings. The third-order valence-corrected chi connectivity index (χ3v) is 2.65. The summed E-state index contributed by atoms with van der Waals surface area (Å²) in [5, 5.41) is 2.86. The number of carbonyl (C=O) groups excluding carboxylic acids is 1. The molecular weight excluding hydrogens is 238 g/mol. The fourth-order valence-corrected chi connectivity index (χ4v) is 1.79. The van der Waals surface area contributed by atoms with E-state index in [9.17, 15) is 4.79 Å². The van der Waals surface area contributed by atoms with Crippen LogP contribution in [0.1, 0.15) is 15.9 Å². The van der Waals surface area contributed by atoms with Gasteiger partial charge in [-0.15, -0.1) is 0 Å². The van der Waals surface area contributed by atoms with Gasteiger partial charge in [-0.2, -0.15) is 0 Å². The molecule has 1 aromatic heterocycles. The average Bonchev–Trinajstić information content (AvgIpc) is 2.41. The molecule has 0 unspecified atom stereocenters. The van der Waals surface area contributed by atoms with Crippen LogP contribution in [0.15, 0.2) is 48.7 Å². The Balaban J connectivity index is 2.17. The maximum atomic E-state index is 12.1. The van der Waals surface area contributed by atoms with Gasteiger partial charge in [0, 0.05) is 23.9 Å². The van der Waals surface area contributed by atoms with E-state index in [1.165, 1.54) is 0 Å². The van der Waals surface area contributed by atoms with Crippen molar-refractivity contribution in [2.75, 3.05) is 19.4 Å². The molecule has 4 heteroatoms. The molecule has 2 rings (SSSR count). The predicted molar refractivity (Wildman–Crippen MR) is 76.0 cm³/mol. The monoisotopic (exact) mass is 255 g/mol. The molecule has 19 heavy (non-hydrogen) atoms. The van der Waals surface area contributed by atoms with E-state index in [2.05, 4.69) is 10.3 Å². The second-order valence-electron chi connectivity index (χ2n) is 4.57. The average molecular weight is 255 g/mol. The molecule has 4 nitrogen and oxygen atoms in total. The summed E-state index contributed by atoms with van der Waals surface area (Å²) in [6.07, 6.45) is 1.68. The third-order valence-electron chi connectivity index (χ3n) is 2.65. The predicted octanol–water partition coefficient (Wildman–Crippen LogP) is 2.40. The van der Waals surface area contributed by atoms with Crippen LogP contribution >= 0.6 is 0 Å². The highest BCUT2D eigenvalue weighted by Crippen LogP contribution is 2.14. The van der Waals surface area contributed by atoms with Gasteiger partial charge in [0.15, 0.2) is 0 Å². The molecule has 0 aliphatic heterocycles. The van der Waals surface area contributed by atoms with E-state index in [0.717, 1.165) is 12.1 Å². The summed E-state index contributed by atoms with van der Waals surface area (Å²) in [5.41, 5.74) is 1.63. The number of hydrogen-bond acceptors (Lipinski definition) is 3. The fraction of sp³-hybridized carbons (Fsp3) is 0.200. The Kier molecular flexibility index (Phi) is 4.26. The largest absolute Gasteiger partial charge is 0.306 e. The number of nitrogens with one attached hydrogen (secondary N) is 1. The lowest BCUT2D eigenvalue weighted by atomic mass is 10.2. The summed E-state index contributed by atoms with van der Waals surface area (Å²) in [6, 6.07) is 13.0. The lowest BCUT2D eigenvalue weighted by Crippen LogP contribution is -2.17. The Morgan fingerprint density at radius 1 is 1.16 bits per heavy atom. The fourth-order valence-electron chi connectivity index (χ4n) is 1.79. The maximum absolute atomic E-state index is 12.1. The number of pyridine rings is 1. The van der Waals surface area contributed by atoms with Gasteiger partial charge in [0.25, 0.3) is 5.91 Å². The van der Waals surface area contributed by atoms with Crippen LogP contribution < -0.4 is 5.32 Å². The van der Waals surface area contributed by atoms with Gasteiger partial charge >= 0.3 is 0 Å². The Bertz CT molecular complexity index is 552. The van der Waals surface area contributed by atoms with E-state index < -0.39 is 0 Å². The molecule has 98 valence electrons. The van der Waals surface area contributed by atoms with E-state index in [1.807, 2.05) is 49.3 Å². The Labute approximate surface area is 113 Å². The van der Waals surface area contributed by atoms with Crippen LogP contribution in [0, 0.1) is 0 Å². The number of nitrogens with zero attached hydrogens (tertiary/aromatic N) is 2. The molecule has 0 saturated heterocycles. The highest BCUT2D eigenvalue weighted by atomic mass is 16.1. The Morgan fingerprint density at radius 2 is 1.89 bits per heavy atom. The van der Waals surface area contributed by atoms with Crippen LogP contribution in [0.5, 0.6) is 0 Å². The van der Waals surface area contributed by atoms with Crippen molar-refractivity contribution in [1.82, 2.24) is 9.88 Å². The first kappa shape index (κ1) is 13.2. The van der Waals surface area contributed by atoms with Crippen molar-refractivity contribution in [2.45, 2.75) is 6.54 Å². The second-order valence-corrected chi connectivity index (χ2v) is 4.57. The zero-order valence-corrected chi connectivity index (χ0v) is 11.1. The van der Waals surface area contributed by atoms with E-state index in [1.54, 1.807) is 18.3 Å². The van der Waals surface area contributed by atoms with Crippen molar-refractivity contribution < 1.29 is 4.79 Å². The van der Waals surface area contributed by atoms with Gasteiger partial charge in [-0.05, 0) is 32.3 Å². The molecule has 0 spiro atoms. The summed E-state index contributed by atoms with van der Waals surface area (Å²) in [5.74, 6) is 0.476. The first-order valence-corrected chi connectivity index (χ1v) is 6.12. The van der Waals surface area contributed by atoms with E-state index in [4.69, 9.17) is 0 Å². The number of carbonyl (C=O) groups is 1. The van der Waals surface area contributed by atoms with Crippen LogP contribution in [0.4, 0.5) is 5.82 Å². The molecule has 1 N–H and O–H groups in total. The van der Waals surface area contributed by atoms with Gasteiger partial charge in [0.1, 0.15) is 5.82 Å². The number of aromatic nitrogens is 1. The Hall–Kier alpha value is -2.20. The molecule has 0 aliphatic rings. The first-order chi connectivity index (χ1) is 9.16. The van der Waals surface area contributed by atoms with Crippen LogP contribution in [-0.4, -0.2) is 29.9 Å². The first-order valence-electron chi connectivity index (χ1n) is 6.12. The van der Waals surface area contributed by atoms with Crippen LogP contribution in [0.2, 0.25) is 0 Å². The Morgan fingerprint density at radius 3 is 2.58 bits per heavy atom. The number of benzene rings is 1. The molecule has 1 heterocycles. The summed E-state index contributed by atoms with van der Waals surface area (Å²) in [4.78, 5) is 18.4. The SMILES string of the molecule is CN(C)Cc1cccnc1NC(=O)c1ccccc1. The lowest BCUT2D eigenvalue weighted by molar-refractivity contribution is 0.102. The number of anilines is 1. The van der Waals surface area contributed by atoms with Crippen LogP contribution in [0.25, 0.3) is 0 Å². The van der Waals surface area contributed by atoms with E-state index >= 15 is 0 Å². The summed E-state index contributed by atoms with van der Waals surface area (Å²) < 4.78 is 0.